The molecule has 0 amide bonds. The van der Waals surface area contributed by atoms with Crippen molar-refractivity contribution in [3.8, 4) is 0 Å². The average molecular weight is 340 g/mol. The number of hydrogen-bond acceptors (Lipinski definition) is 2. The first-order valence-electron chi connectivity index (χ1n) is 8.79. The monoisotopic (exact) mass is 340 g/mol. The Bertz CT molecular complexity index is 886. The van der Waals surface area contributed by atoms with Gasteiger partial charge < -0.3 is 4.74 Å². The minimum absolute atomic E-state index is 0.0686. The molecule has 0 spiro atoms. The molecule has 0 saturated heterocycles. The highest BCUT2D eigenvalue weighted by Crippen LogP contribution is 2.58. The highest BCUT2D eigenvalue weighted by Gasteiger charge is 2.53. The van der Waals surface area contributed by atoms with Crippen LogP contribution >= 0.6 is 0 Å². The molecule has 0 aromatic heterocycles. The van der Waals surface area contributed by atoms with Crippen molar-refractivity contribution in [3.63, 3.8) is 0 Å². The number of hydrogen-bond donors (Lipinski definition) is 0. The van der Waals surface area contributed by atoms with E-state index in [9.17, 15) is 4.79 Å². The Labute approximate surface area is 153 Å². The van der Waals surface area contributed by atoms with Crippen LogP contribution in [0.3, 0.4) is 0 Å². The van der Waals surface area contributed by atoms with Crippen LogP contribution in [0.2, 0.25) is 0 Å². The summed E-state index contributed by atoms with van der Waals surface area (Å²) in [4.78, 5) is 12.5. The zero-order valence-electron chi connectivity index (χ0n) is 14.6. The molecule has 0 N–H and O–H groups in total. The van der Waals surface area contributed by atoms with Crippen molar-refractivity contribution >= 4 is 11.5 Å². The molecule has 1 fully saturated rings. The van der Waals surface area contributed by atoms with Crippen LogP contribution < -0.4 is 0 Å². The van der Waals surface area contributed by atoms with E-state index in [1.165, 1.54) is 7.11 Å². The summed E-state index contributed by atoms with van der Waals surface area (Å²) in [7, 11) is 1.46. The van der Waals surface area contributed by atoms with Gasteiger partial charge in [-0.25, -0.2) is 0 Å². The van der Waals surface area contributed by atoms with E-state index in [0.29, 0.717) is 0 Å². The lowest BCUT2D eigenvalue weighted by molar-refractivity contribution is -0.141. The van der Waals surface area contributed by atoms with Crippen LogP contribution in [0.1, 0.15) is 22.6 Å². The van der Waals surface area contributed by atoms with Crippen molar-refractivity contribution < 1.29 is 9.53 Å². The smallest absolute Gasteiger partial charge is 0.313 e. The van der Waals surface area contributed by atoms with Gasteiger partial charge >= 0.3 is 5.97 Å². The Hall–Kier alpha value is -3.13. The van der Waals surface area contributed by atoms with Crippen LogP contribution in [-0.4, -0.2) is 13.1 Å². The lowest BCUT2D eigenvalue weighted by Gasteiger charge is -2.09. The van der Waals surface area contributed by atoms with Crippen molar-refractivity contribution in [1.82, 2.24) is 0 Å². The highest BCUT2D eigenvalue weighted by atomic mass is 16.5. The summed E-state index contributed by atoms with van der Waals surface area (Å²) < 4.78 is 5.10. The predicted octanol–water partition coefficient (Wildman–Crippen LogP) is 5.08. The van der Waals surface area contributed by atoms with E-state index in [-0.39, 0.29) is 17.8 Å². The minimum atomic E-state index is -0.224. The van der Waals surface area contributed by atoms with Gasteiger partial charge in [0.05, 0.1) is 13.0 Å². The Morgan fingerprint density at radius 2 is 1.19 bits per heavy atom. The molecule has 0 unspecified atom stereocenters. The van der Waals surface area contributed by atoms with Crippen molar-refractivity contribution in [2.45, 2.75) is 5.92 Å². The number of rotatable bonds is 4. The molecule has 0 aliphatic heterocycles. The maximum absolute atomic E-state index is 12.5. The summed E-state index contributed by atoms with van der Waals surface area (Å²) in [5, 5.41) is 0. The van der Waals surface area contributed by atoms with Crippen molar-refractivity contribution in [3.05, 3.63) is 113 Å². The van der Waals surface area contributed by atoms with Gasteiger partial charge in [0.1, 0.15) is 0 Å². The Morgan fingerprint density at radius 1 is 0.731 bits per heavy atom. The zero-order valence-corrected chi connectivity index (χ0v) is 14.6. The molecule has 3 aromatic rings. The van der Waals surface area contributed by atoms with Crippen LogP contribution in [-0.2, 0) is 9.53 Å². The van der Waals surface area contributed by atoms with Gasteiger partial charge in [0.2, 0.25) is 0 Å². The second-order valence-electron chi connectivity index (χ2n) is 6.45. The third-order valence-corrected chi connectivity index (χ3v) is 4.92. The predicted molar refractivity (Wildman–Crippen MR) is 104 cm³/mol. The lowest BCUT2D eigenvalue weighted by Crippen LogP contribution is -2.04. The van der Waals surface area contributed by atoms with Crippen molar-refractivity contribution in [2.24, 2.45) is 5.92 Å². The summed E-state index contributed by atoms with van der Waals surface area (Å²) in [6.07, 6.45) is 0. The summed E-state index contributed by atoms with van der Waals surface area (Å²) in [5.41, 5.74) is 5.68. The normalized spacial score (nSPS) is 18.3. The van der Waals surface area contributed by atoms with Crippen LogP contribution in [0.15, 0.2) is 96.6 Å². The molecule has 2 nitrogen and oxygen atoms in total. The van der Waals surface area contributed by atoms with E-state index in [1.54, 1.807) is 0 Å². The molecule has 1 saturated carbocycles. The van der Waals surface area contributed by atoms with Crippen LogP contribution in [0.25, 0.3) is 5.57 Å². The van der Waals surface area contributed by atoms with E-state index >= 15 is 0 Å². The van der Waals surface area contributed by atoms with Gasteiger partial charge in [0.25, 0.3) is 0 Å². The number of carbonyl (C=O) groups is 1. The quantitative estimate of drug-likeness (QED) is 0.620. The summed E-state index contributed by atoms with van der Waals surface area (Å²) in [6.45, 7) is 0. The van der Waals surface area contributed by atoms with Crippen molar-refractivity contribution in [2.75, 3.05) is 7.11 Å². The van der Waals surface area contributed by atoms with Gasteiger partial charge in [-0.15, -0.1) is 0 Å². The Balaban J connectivity index is 1.92. The zero-order chi connectivity index (χ0) is 17.9. The van der Waals surface area contributed by atoms with Gasteiger partial charge in [-0.2, -0.15) is 0 Å². The Kier molecular flexibility index (Phi) is 4.40. The van der Waals surface area contributed by atoms with E-state index < -0.39 is 0 Å². The highest BCUT2D eigenvalue weighted by molar-refractivity contribution is 5.95. The fourth-order valence-corrected chi connectivity index (χ4v) is 3.71. The number of ether oxygens (including phenoxy) is 1. The van der Waals surface area contributed by atoms with Gasteiger partial charge in [-0.3, -0.25) is 4.79 Å². The molecule has 0 heterocycles. The first-order valence-corrected chi connectivity index (χ1v) is 8.79. The van der Waals surface area contributed by atoms with E-state index in [0.717, 1.165) is 27.8 Å². The lowest BCUT2D eigenvalue weighted by atomic mass is 9.95. The molecule has 0 radical (unpaired) electrons. The second-order valence-corrected chi connectivity index (χ2v) is 6.45. The molecule has 2 atom stereocenters. The molecule has 1 aliphatic carbocycles. The van der Waals surface area contributed by atoms with Crippen LogP contribution in [0, 0.1) is 5.92 Å². The van der Waals surface area contributed by atoms with Crippen molar-refractivity contribution in [1.29, 1.82) is 0 Å². The molecule has 1 aliphatic rings. The standard InChI is InChI=1S/C24H20O2/c1-26-24(25)23-21(19-15-9-4-10-16-19)22(23)20(17-11-5-2-6-12-17)18-13-7-3-8-14-18/h2-16,21,23H,1H3/t21-,23-/m1/s1. The van der Waals surface area contributed by atoms with Gasteiger partial charge in [0, 0.05) is 5.92 Å². The van der Waals surface area contributed by atoms with Crippen LogP contribution in [0.4, 0.5) is 0 Å². The number of esters is 1. The molecule has 3 aromatic carbocycles. The first kappa shape index (κ1) is 16.3. The fourth-order valence-electron chi connectivity index (χ4n) is 3.71. The third kappa shape index (κ3) is 2.95. The molecule has 26 heavy (non-hydrogen) atoms. The summed E-state index contributed by atoms with van der Waals surface area (Å²) in [6, 6.07) is 30.8. The maximum atomic E-state index is 12.5. The first-order chi connectivity index (χ1) is 12.8. The SMILES string of the molecule is COC(=O)[C@H]1C(=C(c2ccccc2)c2ccccc2)[C@H]1c1ccccc1. The molecule has 2 heteroatoms. The average Bonchev–Trinajstić information content (AvgIpc) is 3.45. The van der Waals surface area contributed by atoms with E-state index in [1.807, 2.05) is 54.6 Å². The molecule has 128 valence electrons. The Morgan fingerprint density at radius 3 is 1.65 bits per heavy atom. The minimum Gasteiger partial charge on any atom is -0.469 e. The van der Waals surface area contributed by atoms with Crippen LogP contribution in [0.5, 0.6) is 0 Å². The second kappa shape index (κ2) is 7.01. The number of benzene rings is 3. The molecular weight excluding hydrogens is 320 g/mol. The number of methoxy groups -OCH3 is 1. The van der Waals surface area contributed by atoms with E-state index in [4.69, 9.17) is 4.74 Å². The topological polar surface area (TPSA) is 26.3 Å². The third-order valence-electron chi connectivity index (χ3n) is 4.92. The largest absolute Gasteiger partial charge is 0.469 e. The molecule has 4 rings (SSSR count). The number of carbonyl (C=O) groups excluding carboxylic acids is 1. The van der Waals surface area contributed by atoms with E-state index in [2.05, 4.69) is 36.4 Å². The van der Waals surface area contributed by atoms with Gasteiger partial charge in [0.15, 0.2) is 0 Å². The fraction of sp³-hybridized carbons (Fsp3) is 0.125. The van der Waals surface area contributed by atoms with Gasteiger partial charge in [-0.05, 0) is 27.8 Å². The summed E-state index contributed by atoms with van der Waals surface area (Å²) in [5.74, 6) is -0.324. The molecular formula is C24H20O2. The maximum Gasteiger partial charge on any atom is 0.313 e. The van der Waals surface area contributed by atoms with Gasteiger partial charge in [-0.1, -0.05) is 91.0 Å². The summed E-state index contributed by atoms with van der Waals surface area (Å²) >= 11 is 0. The molecule has 0 bridgehead atoms.